The minimum absolute atomic E-state index is 0. The normalized spacial score (nSPS) is 7.96. The number of carbonyl (C=O) groups is 6. The molecule has 24 heavy (non-hydrogen) atoms. The molecular formula is C6H10NaO16P. The Hall–Kier alpha value is -2.07. The zero-order valence-electron chi connectivity index (χ0n) is 12.3. The average Bonchev–Trinajstić information content (AvgIpc) is 2.27. The van der Waals surface area contributed by atoms with Gasteiger partial charge >= 0.3 is 73.2 Å². The van der Waals surface area contributed by atoms with E-state index in [4.69, 9.17) is 78.7 Å². The van der Waals surface area contributed by atoms with Gasteiger partial charge in [0.15, 0.2) is 0 Å². The molecule has 0 bridgehead atoms. The van der Waals surface area contributed by atoms with Crippen molar-refractivity contribution in [3.8, 4) is 0 Å². The van der Waals surface area contributed by atoms with Crippen molar-refractivity contribution >= 4 is 43.6 Å². The van der Waals surface area contributed by atoms with E-state index in [0.717, 1.165) is 0 Å². The largest absolute Gasteiger partial charge is 1.00 e. The molecule has 0 unspecified atom stereocenters. The van der Waals surface area contributed by atoms with Gasteiger partial charge in [0.2, 0.25) is 0 Å². The molecule has 0 saturated carbocycles. The maximum Gasteiger partial charge on any atom is 1.00 e. The van der Waals surface area contributed by atoms with Crippen LogP contribution in [0.15, 0.2) is 0 Å². The fourth-order valence-corrected chi connectivity index (χ4v) is 0. The molecule has 0 aliphatic heterocycles. The molecule has 0 radical (unpaired) electrons. The number of carboxylic acids is 6. The molecule has 0 heterocycles. The van der Waals surface area contributed by atoms with Crippen LogP contribution in [0, 0.1) is 0 Å². The third-order valence-corrected chi connectivity index (χ3v) is 0.549. The predicted octanol–water partition coefficient (Wildman–Crippen LogP) is -6.35. The molecular weight excluding hydrogens is 382 g/mol. The summed E-state index contributed by atoms with van der Waals surface area (Å²) < 4.78 is 8.88. The fraction of sp³-hybridized carbons (Fsp3) is 0. The topological polar surface area (TPSA) is 302 Å². The van der Waals surface area contributed by atoms with Crippen LogP contribution in [0.4, 0.5) is 0 Å². The SMILES string of the molecule is O=C(O)C(=O)O.O=C(O)C(=O)O.O=C(O)C(=O)O.O=P(O)(O)O.[H-].[Na+]. The van der Waals surface area contributed by atoms with Gasteiger partial charge in [-0.3, -0.25) is 0 Å². The summed E-state index contributed by atoms with van der Waals surface area (Å²) in [6, 6.07) is 0. The van der Waals surface area contributed by atoms with Crippen molar-refractivity contribution < 1.29 is 110 Å². The van der Waals surface area contributed by atoms with Crippen LogP contribution in [0.25, 0.3) is 0 Å². The summed E-state index contributed by atoms with van der Waals surface area (Å²) in [6.45, 7) is 0. The van der Waals surface area contributed by atoms with E-state index in [-0.39, 0.29) is 31.0 Å². The van der Waals surface area contributed by atoms with Crippen molar-refractivity contribution in [2.24, 2.45) is 0 Å². The first-order chi connectivity index (χ1) is 9.93. The molecule has 136 valence electrons. The van der Waals surface area contributed by atoms with Gasteiger partial charge < -0.3 is 46.7 Å². The van der Waals surface area contributed by atoms with Gasteiger partial charge in [-0.1, -0.05) is 0 Å². The Morgan fingerprint density at radius 1 is 0.500 bits per heavy atom. The van der Waals surface area contributed by atoms with Gasteiger partial charge in [0.05, 0.1) is 0 Å². The van der Waals surface area contributed by atoms with Crippen molar-refractivity contribution in [3.05, 3.63) is 0 Å². The molecule has 0 aliphatic carbocycles. The van der Waals surface area contributed by atoms with E-state index in [0.29, 0.717) is 0 Å². The summed E-state index contributed by atoms with van der Waals surface area (Å²) in [7, 11) is -4.64. The van der Waals surface area contributed by atoms with E-state index >= 15 is 0 Å². The van der Waals surface area contributed by atoms with Crippen molar-refractivity contribution in [1.82, 2.24) is 0 Å². The van der Waals surface area contributed by atoms with Gasteiger partial charge in [-0.25, -0.2) is 33.3 Å². The maximum atomic E-state index is 9.10. The number of carboxylic acid groups (broad SMARTS) is 6. The van der Waals surface area contributed by atoms with E-state index in [1.165, 1.54) is 0 Å². The molecule has 18 heteroatoms. The average molecular weight is 392 g/mol. The third-order valence-electron chi connectivity index (χ3n) is 0.549. The van der Waals surface area contributed by atoms with E-state index in [2.05, 4.69) is 0 Å². The third kappa shape index (κ3) is 72.4. The number of hydrogen-bond acceptors (Lipinski definition) is 7. The van der Waals surface area contributed by atoms with Gasteiger partial charge in [0.1, 0.15) is 0 Å². The van der Waals surface area contributed by atoms with Crippen molar-refractivity contribution in [3.63, 3.8) is 0 Å². The summed E-state index contributed by atoms with van der Waals surface area (Å²) in [5.41, 5.74) is 0. The van der Waals surface area contributed by atoms with Gasteiger partial charge in [-0.2, -0.15) is 0 Å². The monoisotopic (exact) mass is 392 g/mol. The van der Waals surface area contributed by atoms with Crippen molar-refractivity contribution in [1.29, 1.82) is 0 Å². The second-order valence-electron chi connectivity index (χ2n) is 2.34. The molecule has 0 rings (SSSR count). The molecule has 0 fully saturated rings. The van der Waals surface area contributed by atoms with Crippen LogP contribution >= 0.6 is 7.82 Å². The van der Waals surface area contributed by atoms with Gasteiger partial charge in [-0.05, 0) is 0 Å². The zero-order valence-corrected chi connectivity index (χ0v) is 14.2. The van der Waals surface area contributed by atoms with Crippen molar-refractivity contribution in [2.45, 2.75) is 0 Å². The van der Waals surface area contributed by atoms with E-state index < -0.39 is 43.6 Å². The Morgan fingerprint density at radius 2 is 0.542 bits per heavy atom. The van der Waals surface area contributed by atoms with Crippen LogP contribution in [-0.4, -0.2) is 81.1 Å². The molecule has 0 aliphatic rings. The number of rotatable bonds is 0. The molecule has 0 saturated heterocycles. The Labute approximate surface area is 153 Å². The number of hydrogen-bond donors (Lipinski definition) is 9. The van der Waals surface area contributed by atoms with Crippen LogP contribution in [0.2, 0.25) is 0 Å². The van der Waals surface area contributed by atoms with E-state index in [1.54, 1.807) is 0 Å². The summed E-state index contributed by atoms with van der Waals surface area (Å²) in [6.07, 6.45) is 0. The molecule has 9 N–H and O–H groups in total. The second-order valence-corrected chi connectivity index (χ2v) is 3.37. The quantitative estimate of drug-likeness (QED) is 0.105. The minimum atomic E-state index is -4.64. The van der Waals surface area contributed by atoms with Crippen LogP contribution < -0.4 is 29.6 Å². The molecule has 0 amide bonds. The van der Waals surface area contributed by atoms with Crippen molar-refractivity contribution in [2.75, 3.05) is 0 Å². The van der Waals surface area contributed by atoms with Crippen LogP contribution in [0.3, 0.4) is 0 Å². The Balaban J connectivity index is -0.0000000470. The van der Waals surface area contributed by atoms with E-state index in [9.17, 15) is 0 Å². The Kier molecular flexibility index (Phi) is 24.1. The van der Waals surface area contributed by atoms with Crippen LogP contribution in [-0.2, 0) is 33.3 Å². The Morgan fingerprint density at radius 3 is 0.542 bits per heavy atom. The molecule has 0 atom stereocenters. The zero-order chi connectivity index (χ0) is 20.0. The molecule has 16 nitrogen and oxygen atoms in total. The molecule has 0 spiro atoms. The van der Waals surface area contributed by atoms with Gasteiger partial charge in [0.25, 0.3) is 0 Å². The summed E-state index contributed by atoms with van der Waals surface area (Å²) >= 11 is 0. The summed E-state index contributed by atoms with van der Waals surface area (Å²) in [5.74, 6) is -10.9. The standard InChI is InChI=1S/3C2H2O4.Na.H3O4P.H/c3*3-1(4)2(5)6;;1-5(2,3)4;/h3*(H,3,4)(H,5,6);;(H3,1,2,3,4);/q;;;+1;;-1. The minimum Gasteiger partial charge on any atom is -1.00 e. The Bertz CT molecular complexity index is 407. The smallest absolute Gasteiger partial charge is 1.00 e. The van der Waals surface area contributed by atoms with Crippen LogP contribution in [0.5, 0.6) is 0 Å². The summed E-state index contributed by atoms with van der Waals surface area (Å²) in [5, 5.41) is 44.3. The predicted molar refractivity (Wildman–Crippen MR) is 61.2 cm³/mol. The van der Waals surface area contributed by atoms with Gasteiger partial charge in [0, 0.05) is 0 Å². The maximum absolute atomic E-state index is 9.10. The van der Waals surface area contributed by atoms with Crippen LogP contribution in [0.1, 0.15) is 1.43 Å². The molecule has 0 aromatic rings. The first-order valence-electron chi connectivity index (χ1n) is 4.10. The van der Waals surface area contributed by atoms with Gasteiger partial charge in [-0.15, -0.1) is 0 Å². The fourth-order valence-electron chi connectivity index (χ4n) is 0. The first-order valence-corrected chi connectivity index (χ1v) is 5.66. The van der Waals surface area contributed by atoms with E-state index in [1.807, 2.05) is 0 Å². The number of aliphatic carboxylic acids is 6. The first kappa shape index (κ1) is 33.5. The molecule has 0 aromatic carbocycles. The molecule has 0 aromatic heterocycles. The number of phosphoric acid groups is 1. The second kappa shape index (κ2) is 17.3. The summed E-state index contributed by atoms with van der Waals surface area (Å²) in [4.78, 5) is 76.2.